The quantitative estimate of drug-likeness (QED) is 0.0102. The van der Waals surface area contributed by atoms with E-state index in [1.807, 2.05) is 95.5 Å². The van der Waals surface area contributed by atoms with Crippen molar-refractivity contribution in [1.29, 1.82) is 0 Å². The van der Waals surface area contributed by atoms with E-state index < -0.39 is 108 Å². The van der Waals surface area contributed by atoms with Crippen LogP contribution < -0.4 is 38.5 Å². The molecular formula is C71H109Cl3O28Si8. The second kappa shape index (κ2) is 44.3. The lowest BCUT2D eigenvalue weighted by Crippen LogP contribution is -2.59. The number of fused-ring (bicyclic) bond motifs is 4. The number of rotatable bonds is 36. The third-order valence-electron chi connectivity index (χ3n) is 16.5. The van der Waals surface area contributed by atoms with Gasteiger partial charge in [0.1, 0.15) is 23.0 Å². The van der Waals surface area contributed by atoms with E-state index in [1.165, 1.54) is 6.07 Å². The molecule has 110 heavy (non-hydrogen) atoms. The van der Waals surface area contributed by atoms with E-state index in [0.717, 1.165) is 113 Å². The van der Waals surface area contributed by atoms with Crippen LogP contribution >= 0.6 is 33.2 Å². The lowest BCUT2D eigenvalue weighted by molar-refractivity contribution is -0.147. The molecule has 4 aromatic rings. The van der Waals surface area contributed by atoms with Crippen LogP contribution in [0.5, 0.6) is 23.0 Å². The van der Waals surface area contributed by atoms with Gasteiger partial charge in [0.05, 0.1) is 58.0 Å². The number of halogens is 3. The van der Waals surface area contributed by atoms with Gasteiger partial charge in [-0.1, -0.05) is 50.6 Å². The van der Waals surface area contributed by atoms with Crippen LogP contribution in [0, 0.1) is 0 Å². The first-order valence-corrected chi connectivity index (χ1v) is 55.6. The molecule has 0 radical (unpaired) electrons. The van der Waals surface area contributed by atoms with Crippen molar-refractivity contribution in [2.45, 2.75) is 144 Å². The van der Waals surface area contributed by atoms with Crippen molar-refractivity contribution in [1.82, 2.24) is 0 Å². The molecule has 0 saturated heterocycles. The van der Waals surface area contributed by atoms with Gasteiger partial charge in [0.2, 0.25) is 0 Å². The molecule has 4 atom stereocenters. The molecule has 28 nitrogen and oxygen atoms in total. The summed E-state index contributed by atoms with van der Waals surface area (Å²) in [6.07, 6.45) is 7.18. The predicted molar refractivity (Wildman–Crippen MR) is 435 cm³/mol. The zero-order chi connectivity index (χ0) is 81.6. The summed E-state index contributed by atoms with van der Waals surface area (Å²) in [5, 5.41) is 2.73. The Labute approximate surface area is 672 Å². The van der Waals surface area contributed by atoms with Gasteiger partial charge in [-0.25, -0.2) is 19.2 Å². The highest BCUT2D eigenvalue weighted by Crippen LogP contribution is 2.37. The highest BCUT2D eigenvalue weighted by atomic mass is 35.8. The monoisotopic (exact) mass is 1740 g/mol. The van der Waals surface area contributed by atoms with Crippen LogP contribution in [0.25, 0.3) is 0 Å². The van der Waals surface area contributed by atoms with Gasteiger partial charge >= 0.3 is 90.5 Å². The summed E-state index contributed by atoms with van der Waals surface area (Å²) in [6, 6.07) is 21.8. The molecule has 4 unspecified atom stereocenters. The average Bonchev–Trinajstić information content (AvgIpc) is 0.786. The van der Waals surface area contributed by atoms with Crippen LogP contribution in [0.3, 0.4) is 0 Å². The van der Waals surface area contributed by atoms with Gasteiger partial charge in [0.15, 0.2) is 0 Å². The summed E-state index contributed by atoms with van der Waals surface area (Å²) in [4.78, 5) is 79.5. The van der Waals surface area contributed by atoms with E-state index in [0.29, 0.717) is 103 Å². The number of carbonyl (C=O) groups is 7. The number of carbonyl (C=O) groups excluding carboxylic acids is 7. The molecular weight excluding hydrogens is 1630 g/mol. The van der Waals surface area contributed by atoms with E-state index in [9.17, 15) is 33.6 Å². The fourth-order valence-electron chi connectivity index (χ4n) is 11.2. The van der Waals surface area contributed by atoms with Crippen LogP contribution in [-0.2, 0) is 136 Å². The zero-order valence-electron chi connectivity index (χ0n) is 64.6. The number of hydrogen-bond donors (Lipinski definition) is 0. The van der Waals surface area contributed by atoms with Gasteiger partial charge in [0, 0.05) is 149 Å². The molecule has 0 N–H and O–H groups in total. The van der Waals surface area contributed by atoms with Gasteiger partial charge < -0.3 is 94.2 Å². The molecule has 0 saturated carbocycles. The van der Waals surface area contributed by atoms with Gasteiger partial charge in [-0.3, -0.25) is 14.4 Å². The van der Waals surface area contributed by atoms with Crippen LogP contribution in [0.2, 0.25) is 50.4 Å². The van der Waals surface area contributed by atoms with Crippen molar-refractivity contribution in [3.05, 3.63) is 146 Å². The Balaban J connectivity index is 0.000000756. The Bertz CT molecular complexity index is 3790. The number of hydrogen-bond acceptors (Lipinski definition) is 28. The van der Waals surface area contributed by atoms with Gasteiger partial charge in [-0.15, -0.1) is 33.2 Å². The van der Waals surface area contributed by atoms with E-state index in [2.05, 4.69) is 26.3 Å². The van der Waals surface area contributed by atoms with Crippen molar-refractivity contribution in [3.63, 3.8) is 0 Å². The van der Waals surface area contributed by atoms with Gasteiger partial charge in [-0.2, -0.15) is 0 Å². The Morgan fingerprint density at radius 3 is 0.864 bits per heavy atom. The average molecular weight is 1740 g/mol. The fraction of sp³-hybridized carbons (Fsp3) is 0.451. The molecule has 4 aliphatic rings. The first-order valence-electron chi connectivity index (χ1n) is 35.3. The smallest absolute Gasteiger partial charge is 0.520 e. The highest BCUT2D eigenvalue weighted by Gasteiger charge is 2.56. The van der Waals surface area contributed by atoms with Crippen LogP contribution in [0.1, 0.15) is 95.2 Å². The number of esters is 4. The van der Waals surface area contributed by atoms with Crippen molar-refractivity contribution < 1.29 is 133 Å². The van der Waals surface area contributed by atoms with Crippen molar-refractivity contribution in [2.75, 3.05) is 67.6 Å². The summed E-state index contributed by atoms with van der Waals surface area (Å²) >= 11 is 18.1. The minimum absolute atomic E-state index is 0. The highest BCUT2D eigenvalue weighted by molar-refractivity contribution is 7.69. The maximum Gasteiger partial charge on any atom is 0.742 e. The maximum atomic E-state index is 11.7. The summed E-state index contributed by atoms with van der Waals surface area (Å²) in [5.74, 6) is -1.04. The zero-order valence-corrected chi connectivity index (χ0v) is 74.8. The summed E-state index contributed by atoms with van der Waals surface area (Å²) in [7, 11) is -15.0. The molecule has 0 fully saturated rings. The van der Waals surface area contributed by atoms with Gasteiger partial charge in [0.25, 0.3) is 17.9 Å². The second-order valence-electron chi connectivity index (χ2n) is 25.1. The first kappa shape index (κ1) is 94.1. The molecule has 0 amide bonds. The largest absolute Gasteiger partial charge is 0.742 e. The molecule has 0 aromatic heterocycles. The van der Waals surface area contributed by atoms with Crippen LogP contribution in [-0.4, -0.2) is 176 Å². The minimum Gasteiger partial charge on any atom is -0.520 e. The molecule has 4 heterocycles. The molecule has 39 heteroatoms. The summed E-state index contributed by atoms with van der Waals surface area (Å²) in [6.45, 7) is 34.9. The number of benzene rings is 4. The van der Waals surface area contributed by atoms with Crippen LogP contribution in [0.4, 0.5) is 0 Å². The Morgan fingerprint density at radius 1 is 0.400 bits per heavy atom. The first-order chi connectivity index (χ1) is 52.0. The van der Waals surface area contributed by atoms with Crippen molar-refractivity contribution in [2.24, 2.45) is 0 Å². The topological polar surface area (TPSA) is 313 Å². The fourth-order valence-corrected chi connectivity index (χ4v) is 28.4. The van der Waals surface area contributed by atoms with Crippen molar-refractivity contribution in [3.8, 4) is 23.0 Å². The van der Waals surface area contributed by atoms with Gasteiger partial charge in [-0.05, 0) is 126 Å². The normalized spacial score (nSPS) is 18.8. The SMILES string of the molecule is C=CC(=O)OCCC[Si]1(C)OCc2cc([Si](Cl)(Cl)Cl)ccc2O1.C=CC(=O)OCCC[Si]1(C)OCc2cc([Si](OC(C)=O)(OC(C)=O)OC(C)=O)ccc2O1.C=CC(=O)OCCC[Si]1(C)OCc2cc([Si](OC)(OC)OC)ccc2O1.C=CC(=O)OCCC[Si]1(C)OCc2cc([Si](OCC)(OCC)OCC)ccc2O1.[HH].[HH].[HH].[HH]. The Morgan fingerprint density at radius 2 is 0.636 bits per heavy atom. The third kappa shape index (κ3) is 28.6. The summed E-state index contributed by atoms with van der Waals surface area (Å²) in [5.41, 5.74) is 3.41. The summed E-state index contributed by atoms with van der Waals surface area (Å²) < 4.78 is 119. The van der Waals surface area contributed by atoms with E-state index in [-0.39, 0.29) is 24.1 Å². The molecule has 4 aliphatic heterocycles. The lowest BCUT2D eigenvalue weighted by Gasteiger charge is -2.35. The molecule has 0 aliphatic carbocycles. The standard InChI is InChI=1S/C20H26O10Si2.C20H32O7Si2.C17H26O7Si2.C14H17Cl3O4Si2.4H2/c1-6-20(24)25-10-7-11-31(5)26-13-17-12-18(8-9-19(17)30-31)32(27-14(2)21,28-15(3)22)29-16(4)23;1-6-20(21)22-13-10-14-28(5)26-16-17-15-18(11-12-19(17)27-28)29(23-7-2,24-8-3)25-9-4;1-6-17(18)22-10-7-11-25(5)23-13-14-12-15(8-9-16(14)24-25)26(19-2,20-3)21-4;1-3-14(18)19-7-4-8-22(2)20-10-11-9-12(23(15,16)17)5-6-13(11)21-22;;;;/h6,8-9,12H,1,7,10-11,13H2,2-5H3;6,11-12,15H,1,7-10,13-14,16H2,2-5H3;6,8-9,12H,1,7,10-11,13H2,2-5H3;3,5-6,9H,1,4,7-8,10H2,2H3;4*1H. The minimum atomic E-state index is -4.20. The predicted octanol–water partition coefficient (Wildman–Crippen LogP) is 11.2. The Kier molecular flexibility index (Phi) is 37.9. The van der Waals surface area contributed by atoms with E-state index in [1.54, 1.807) is 39.5 Å². The van der Waals surface area contributed by atoms with Crippen molar-refractivity contribution >= 4 is 162 Å². The van der Waals surface area contributed by atoms with E-state index in [4.69, 9.17) is 127 Å². The van der Waals surface area contributed by atoms with E-state index >= 15 is 0 Å². The van der Waals surface area contributed by atoms with Crippen LogP contribution in [0.15, 0.2) is 123 Å². The molecule has 4 aromatic carbocycles. The molecule has 0 spiro atoms. The Hall–Kier alpha value is -6.46. The molecule has 8 rings (SSSR count). The molecule has 0 bridgehead atoms. The number of ether oxygens (including phenoxy) is 4. The second-order valence-corrected chi connectivity index (χ2v) is 54.4. The molecule has 614 valence electrons. The third-order valence-corrected chi connectivity index (χ3v) is 38.4. The maximum absolute atomic E-state index is 11.7. The lowest BCUT2D eigenvalue weighted by atomic mass is 10.2.